The Morgan fingerprint density at radius 3 is 2.27 bits per heavy atom. The zero-order valence-corrected chi connectivity index (χ0v) is 21.3. The van der Waals surface area contributed by atoms with E-state index in [0.29, 0.717) is 30.1 Å². The average molecular weight is 514 g/mol. The van der Waals surface area contributed by atoms with Gasteiger partial charge >= 0.3 is 0 Å². The van der Waals surface area contributed by atoms with Gasteiger partial charge in [0, 0.05) is 25.5 Å². The van der Waals surface area contributed by atoms with Crippen LogP contribution in [-0.4, -0.2) is 31.4 Å². The third kappa shape index (κ3) is 6.73. The molecule has 0 fully saturated rings. The maximum Gasteiger partial charge on any atom is 0.243 e. The molecule has 188 valence electrons. The van der Waals surface area contributed by atoms with E-state index in [-0.39, 0.29) is 18.0 Å². The average Bonchev–Trinajstić information content (AvgIpc) is 2.95. The first kappa shape index (κ1) is 25.9. The molecule has 0 spiro atoms. The van der Waals surface area contributed by atoms with Crippen LogP contribution in [0.25, 0.3) is 0 Å². The third-order valence-corrected chi connectivity index (χ3v) is 7.70. The van der Waals surface area contributed by atoms with E-state index in [9.17, 15) is 8.42 Å². The molecule has 4 rings (SSSR count). The molecule has 0 atom stereocenters. The summed E-state index contributed by atoms with van der Waals surface area (Å²) in [5, 5.41) is 9.08. The topological polar surface area (TPSA) is 92.5 Å². The van der Waals surface area contributed by atoms with Gasteiger partial charge in [-0.3, -0.25) is 4.98 Å². The predicted octanol–water partition coefficient (Wildman–Crippen LogP) is 4.97. The highest BCUT2D eigenvalue weighted by atomic mass is 32.2. The number of rotatable bonds is 11. The summed E-state index contributed by atoms with van der Waals surface area (Å²) in [6, 6.07) is 27.0. The number of hydrogen-bond acceptors (Lipinski definition) is 6. The summed E-state index contributed by atoms with van der Waals surface area (Å²) < 4.78 is 40.2. The van der Waals surface area contributed by atoms with Crippen LogP contribution in [0, 0.1) is 11.3 Å². The van der Waals surface area contributed by atoms with Crippen molar-refractivity contribution < 1.29 is 17.9 Å². The molecule has 0 aliphatic heterocycles. The minimum Gasteiger partial charge on any atom is -0.493 e. The van der Waals surface area contributed by atoms with Gasteiger partial charge in [-0.05, 0) is 71.6 Å². The van der Waals surface area contributed by atoms with Crippen LogP contribution in [0.15, 0.2) is 102 Å². The van der Waals surface area contributed by atoms with Gasteiger partial charge in [-0.25, -0.2) is 8.42 Å². The largest absolute Gasteiger partial charge is 0.493 e. The molecule has 0 aliphatic carbocycles. The molecule has 3 aromatic carbocycles. The molecule has 8 heteroatoms. The number of nitrogens with zero attached hydrogens (tertiary/aromatic N) is 3. The van der Waals surface area contributed by atoms with Gasteiger partial charge < -0.3 is 9.47 Å². The molecule has 1 heterocycles. The quantitative estimate of drug-likeness (QED) is 0.281. The van der Waals surface area contributed by atoms with Crippen molar-refractivity contribution in [1.82, 2.24) is 9.29 Å². The molecule has 0 saturated carbocycles. The number of ether oxygens (including phenoxy) is 2. The van der Waals surface area contributed by atoms with Crippen LogP contribution in [-0.2, 0) is 29.6 Å². The van der Waals surface area contributed by atoms with Gasteiger partial charge in [0.25, 0.3) is 0 Å². The van der Waals surface area contributed by atoms with Crippen LogP contribution in [0.4, 0.5) is 0 Å². The van der Waals surface area contributed by atoms with Crippen LogP contribution in [0.1, 0.15) is 22.3 Å². The van der Waals surface area contributed by atoms with Gasteiger partial charge in [0.1, 0.15) is 6.61 Å². The third-order valence-electron chi connectivity index (χ3n) is 5.84. The number of pyridine rings is 1. The number of methoxy groups -OCH3 is 1. The second-order valence-electron chi connectivity index (χ2n) is 8.34. The minimum atomic E-state index is -3.83. The van der Waals surface area contributed by atoms with Crippen molar-refractivity contribution in [2.24, 2.45) is 0 Å². The summed E-state index contributed by atoms with van der Waals surface area (Å²) in [4.78, 5) is 4.17. The lowest BCUT2D eigenvalue weighted by molar-refractivity contribution is 0.284. The Hall–Kier alpha value is -4.19. The number of hydrogen-bond donors (Lipinski definition) is 0. The fourth-order valence-corrected chi connectivity index (χ4v) is 5.24. The van der Waals surface area contributed by atoms with Crippen molar-refractivity contribution in [3.8, 4) is 17.6 Å². The highest BCUT2D eigenvalue weighted by Gasteiger charge is 2.25. The molecular formula is C29H27N3O4S. The fourth-order valence-electron chi connectivity index (χ4n) is 3.81. The van der Waals surface area contributed by atoms with Crippen molar-refractivity contribution in [1.29, 1.82) is 5.26 Å². The summed E-state index contributed by atoms with van der Waals surface area (Å²) >= 11 is 0. The monoisotopic (exact) mass is 513 g/mol. The summed E-state index contributed by atoms with van der Waals surface area (Å²) in [6.45, 7) is 0.797. The second-order valence-corrected chi connectivity index (χ2v) is 10.3. The van der Waals surface area contributed by atoms with Gasteiger partial charge in [0.05, 0.1) is 23.6 Å². The maximum absolute atomic E-state index is 13.6. The lowest BCUT2D eigenvalue weighted by Crippen LogP contribution is -2.32. The molecule has 0 N–H and O–H groups in total. The number of aromatic nitrogens is 1. The molecule has 4 aromatic rings. The van der Waals surface area contributed by atoms with E-state index >= 15 is 0 Å². The van der Waals surface area contributed by atoms with Crippen LogP contribution < -0.4 is 9.47 Å². The Kier molecular flexibility index (Phi) is 8.52. The zero-order chi connectivity index (χ0) is 26.1. The van der Waals surface area contributed by atoms with Gasteiger partial charge in [-0.15, -0.1) is 0 Å². The molecule has 0 saturated heterocycles. The van der Waals surface area contributed by atoms with Gasteiger partial charge in [-0.1, -0.05) is 36.4 Å². The van der Waals surface area contributed by atoms with E-state index in [4.69, 9.17) is 14.7 Å². The van der Waals surface area contributed by atoms with E-state index in [2.05, 4.69) is 4.98 Å². The number of benzene rings is 3. The van der Waals surface area contributed by atoms with Crippen molar-refractivity contribution in [2.75, 3.05) is 13.7 Å². The van der Waals surface area contributed by atoms with Crippen LogP contribution in [0.5, 0.6) is 11.5 Å². The Bertz CT molecular complexity index is 1450. The summed E-state index contributed by atoms with van der Waals surface area (Å²) in [5.74, 6) is 1.10. The SMILES string of the molecule is COc1cc(CN(CCc2ccncc2)S(=O)(=O)c2ccc(C#N)cc2)ccc1OCc1ccccc1. The first-order valence-corrected chi connectivity index (χ1v) is 13.2. The van der Waals surface area contributed by atoms with E-state index in [1.165, 1.54) is 28.6 Å². The first-order chi connectivity index (χ1) is 18.0. The molecule has 1 aromatic heterocycles. The molecule has 0 aliphatic rings. The summed E-state index contributed by atoms with van der Waals surface area (Å²) in [5.41, 5.74) is 3.18. The number of sulfonamides is 1. The Morgan fingerprint density at radius 2 is 1.59 bits per heavy atom. The first-order valence-electron chi connectivity index (χ1n) is 11.7. The second kappa shape index (κ2) is 12.2. The summed E-state index contributed by atoms with van der Waals surface area (Å²) in [6.07, 6.45) is 3.90. The van der Waals surface area contributed by atoms with Crippen molar-refractivity contribution in [3.05, 3.63) is 120 Å². The molecule has 0 amide bonds. The Morgan fingerprint density at radius 1 is 0.865 bits per heavy atom. The predicted molar refractivity (Wildman–Crippen MR) is 140 cm³/mol. The Balaban J connectivity index is 1.57. The highest BCUT2D eigenvalue weighted by Crippen LogP contribution is 2.30. The molecule has 7 nitrogen and oxygen atoms in total. The zero-order valence-electron chi connectivity index (χ0n) is 20.4. The lowest BCUT2D eigenvalue weighted by atomic mass is 10.1. The van der Waals surface area contributed by atoms with Crippen LogP contribution in [0.3, 0.4) is 0 Å². The van der Waals surface area contributed by atoms with Crippen molar-refractivity contribution in [3.63, 3.8) is 0 Å². The van der Waals surface area contributed by atoms with E-state index in [1.807, 2.05) is 54.6 Å². The van der Waals surface area contributed by atoms with Crippen LogP contribution in [0.2, 0.25) is 0 Å². The highest BCUT2D eigenvalue weighted by molar-refractivity contribution is 7.89. The normalized spacial score (nSPS) is 11.2. The minimum absolute atomic E-state index is 0.135. The van der Waals surface area contributed by atoms with Crippen molar-refractivity contribution in [2.45, 2.75) is 24.5 Å². The maximum atomic E-state index is 13.6. The molecular weight excluding hydrogens is 486 g/mol. The molecule has 0 bridgehead atoms. The molecule has 37 heavy (non-hydrogen) atoms. The standard InChI is InChI=1S/C29H27N3O4S/c1-35-29-19-26(9-12-28(29)36-22-25-5-3-2-4-6-25)21-32(18-15-23-13-16-31-17-14-23)37(33,34)27-10-7-24(20-30)8-11-27/h2-14,16-17,19H,15,18,21-22H2,1H3. The fraction of sp³-hybridized carbons (Fsp3) is 0.172. The van der Waals surface area contributed by atoms with Gasteiger partial charge in [-0.2, -0.15) is 9.57 Å². The Labute approximate surface area is 217 Å². The summed E-state index contributed by atoms with van der Waals surface area (Å²) in [7, 11) is -2.28. The molecule has 0 unspecified atom stereocenters. The lowest BCUT2D eigenvalue weighted by Gasteiger charge is -2.23. The van der Waals surface area contributed by atoms with Gasteiger partial charge in [0.2, 0.25) is 10.0 Å². The van der Waals surface area contributed by atoms with E-state index < -0.39 is 10.0 Å². The van der Waals surface area contributed by atoms with Crippen molar-refractivity contribution >= 4 is 10.0 Å². The number of nitriles is 1. The van der Waals surface area contributed by atoms with E-state index in [0.717, 1.165) is 16.7 Å². The van der Waals surface area contributed by atoms with Gasteiger partial charge in [0.15, 0.2) is 11.5 Å². The van der Waals surface area contributed by atoms with Crippen LogP contribution >= 0.6 is 0 Å². The van der Waals surface area contributed by atoms with E-state index in [1.54, 1.807) is 31.6 Å². The molecule has 0 radical (unpaired) electrons. The smallest absolute Gasteiger partial charge is 0.243 e.